The van der Waals surface area contributed by atoms with E-state index in [-0.39, 0.29) is 29.5 Å². The molecule has 0 saturated heterocycles. The molecule has 0 spiro atoms. The van der Waals surface area contributed by atoms with Crippen molar-refractivity contribution in [1.29, 1.82) is 0 Å². The molecule has 2 aromatic rings. The van der Waals surface area contributed by atoms with Crippen molar-refractivity contribution in [1.82, 2.24) is 19.5 Å². The fraction of sp³-hybridized carbons (Fsp3) is 0.444. The number of nitrogens with two attached hydrogens (primary N) is 1. The van der Waals surface area contributed by atoms with Gasteiger partial charge in [-0.05, 0) is 0 Å². The van der Waals surface area contributed by atoms with Gasteiger partial charge in [0, 0.05) is 0 Å². The summed E-state index contributed by atoms with van der Waals surface area (Å²) in [5, 5.41) is 0. The Balaban J connectivity index is 2.22. The predicted octanol–water partition coefficient (Wildman–Crippen LogP) is -0.539. The average molecular weight is 338 g/mol. The van der Waals surface area contributed by atoms with Crippen molar-refractivity contribution in [2.24, 2.45) is 0 Å². The number of H-pyrrole nitrogens is 1. The van der Waals surface area contributed by atoms with Crippen LogP contribution in [0, 0.1) is 0 Å². The van der Waals surface area contributed by atoms with E-state index in [0.29, 0.717) is 0 Å². The van der Waals surface area contributed by atoms with Crippen LogP contribution in [0.25, 0.3) is 11.2 Å². The van der Waals surface area contributed by atoms with Gasteiger partial charge in [-0.2, -0.15) is 4.98 Å². The summed E-state index contributed by atoms with van der Waals surface area (Å²) >= 11 is 5.70. The number of halogens is 1. The van der Waals surface area contributed by atoms with E-state index in [9.17, 15) is 9.36 Å². The van der Waals surface area contributed by atoms with Gasteiger partial charge in [0.15, 0.2) is 11.2 Å². The quantitative estimate of drug-likeness (QED) is 0.404. The van der Waals surface area contributed by atoms with Gasteiger partial charge in [-0.3, -0.25) is 14.3 Å². The molecule has 1 atom stereocenters. The number of nitrogens with one attached hydrogen (secondary N) is 1. The maximum absolute atomic E-state index is 11.6. The van der Waals surface area contributed by atoms with E-state index in [4.69, 9.17) is 31.9 Å². The monoisotopic (exact) mass is 337 g/mol. The van der Waals surface area contributed by atoms with Gasteiger partial charge >= 0.3 is 7.60 Å². The molecule has 2 aromatic heterocycles. The van der Waals surface area contributed by atoms with Crippen LogP contribution in [0.2, 0.25) is 0 Å². The second kappa shape index (κ2) is 6.12. The lowest BCUT2D eigenvalue weighted by molar-refractivity contribution is 0.0788. The van der Waals surface area contributed by atoms with Crippen LogP contribution in [-0.4, -0.2) is 47.6 Å². The molecule has 2 rings (SSSR count). The number of ether oxygens (including phenoxy) is 1. The number of hydrogen-bond acceptors (Lipinski definition) is 6. The van der Waals surface area contributed by atoms with Gasteiger partial charge in [0.1, 0.15) is 6.35 Å². The summed E-state index contributed by atoms with van der Waals surface area (Å²) in [4.78, 5) is 39.4. The van der Waals surface area contributed by atoms with Crippen molar-refractivity contribution in [3.05, 3.63) is 16.7 Å². The van der Waals surface area contributed by atoms with Crippen LogP contribution in [0.1, 0.15) is 0 Å². The first-order valence-corrected chi connectivity index (χ1v) is 8.06. The highest BCUT2D eigenvalue weighted by Crippen LogP contribution is 2.34. The van der Waals surface area contributed by atoms with Gasteiger partial charge in [-0.1, -0.05) is 0 Å². The fourth-order valence-corrected chi connectivity index (χ4v) is 2.26. The van der Waals surface area contributed by atoms with Crippen molar-refractivity contribution in [3.63, 3.8) is 0 Å². The van der Waals surface area contributed by atoms with E-state index >= 15 is 0 Å². The van der Waals surface area contributed by atoms with Crippen LogP contribution in [0.3, 0.4) is 0 Å². The molecule has 0 aliphatic rings. The molecular formula is C9H13ClN5O5P. The number of hydrogen-bond donors (Lipinski definition) is 4. The van der Waals surface area contributed by atoms with Crippen LogP contribution < -0.4 is 11.3 Å². The van der Waals surface area contributed by atoms with Gasteiger partial charge in [-0.25, -0.2) is 4.98 Å². The zero-order valence-electron chi connectivity index (χ0n) is 10.6. The van der Waals surface area contributed by atoms with E-state index in [1.54, 1.807) is 0 Å². The third-order valence-electron chi connectivity index (χ3n) is 2.54. The first-order chi connectivity index (χ1) is 9.80. The van der Waals surface area contributed by atoms with E-state index in [1.165, 1.54) is 10.9 Å². The van der Waals surface area contributed by atoms with E-state index in [0.717, 1.165) is 0 Å². The highest BCUT2D eigenvalue weighted by atomic mass is 35.5. The summed E-state index contributed by atoms with van der Waals surface area (Å²) in [5.41, 5.74) is 5.33. The summed E-state index contributed by atoms with van der Waals surface area (Å²) in [6.07, 6.45) is -0.0705. The number of anilines is 1. The second-order valence-corrected chi connectivity index (χ2v) is 6.15. The third-order valence-corrected chi connectivity index (χ3v) is 3.37. The molecule has 0 aromatic carbocycles. The van der Waals surface area contributed by atoms with E-state index < -0.39 is 25.6 Å². The van der Waals surface area contributed by atoms with E-state index in [1.807, 2.05) is 0 Å². The molecule has 12 heteroatoms. The minimum absolute atomic E-state index is 0.00164. The second-order valence-electron chi connectivity index (χ2n) is 4.26. The van der Waals surface area contributed by atoms with Gasteiger partial charge in [0.25, 0.3) is 5.56 Å². The lowest BCUT2D eigenvalue weighted by Gasteiger charge is -2.16. The van der Waals surface area contributed by atoms with Crippen LogP contribution >= 0.6 is 19.2 Å². The Bertz CT molecular complexity index is 740. The van der Waals surface area contributed by atoms with Crippen molar-refractivity contribution in [2.75, 3.05) is 18.0 Å². The topological polar surface area (TPSA) is 156 Å². The summed E-state index contributed by atoms with van der Waals surface area (Å²) in [6.45, 7) is 0.121. The molecule has 21 heavy (non-hydrogen) atoms. The zero-order valence-corrected chi connectivity index (χ0v) is 12.3. The van der Waals surface area contributed by atoms with Crippen LogP contribution in [0.15, 0.2) is 11.1 Å². The normalized spacial score (nSPS) is 13.7. The first kappa shape index (κ1) is 15.9. The Hall–Kier alpha value is -1.45. The molecule has 0 fully saturated rings. The number of fused-ring (bicyclic) bond motifs is 1. The third kappa shape index (κ3) is 4.02. The standard InChI is InChI=1S/C9H13ClN5O5P/c10-1-5(20-4-21(17,18)19)2-15-3-12-6-7(15)13-9(11)14-8(6)16/h3,5H,1-2,4H2,(H2,17,18,19)(H3,11,13,14,16)/t5-/m1/s1. The highest BCUT2D eigenvalue weighted by Gasteiger charge is 2.19. The first-order valence-electron chi connectivity index (χ1n) is 5.73. The molecule has 0 saturated carbocycles. The van der Waals surface area contributed by atoms with Gasteiger partial charge < -0.3 is 24.8 Å². The Morgan fingerprint density at radius 1 is 1.57 bits per heavy atom. The number of aromatic nitrogens is 4. The largest absolute Gasteiger partial charge is 0.369 e. The van der Waals surface area contributed by atoms with Crippen molar-refractivity contribution >= 4 is 36.3 Å². The molecule has 2 heterocycles. The molecule has 10 nitrogen and oxygen atoms in total. The van der Waals surface area contributed by atoms with Gasteiger partial charge in [0.05, 0.1) is 24.9 Å². The van der Waals surface area contributed by atoms with Gasteiger partial charge in [0.2, 0.25) is 5.95 Å². The van der Waals surface area contributed by atoms with Crippen molar-refractivity contribution in [3.8, 4) is 0 Å². The minimum atomic E-state index is -4.28. The molecule has 0 aliphatic carbocycles. The van der Waals surface area contributed by atoms with Gasteiger partial charge in [-0.15, -0.1) is 11.6 Å². The predicted molar refractivity (Wildman–Crippen MR) is 75.1 cm³/mol. The summed E-state index contributed by atoms with van der Waals surface area (Å²) in [6, 6.07) is 0. The van der Waals surface area contributed by atoms with E-state index in [2.05, 4.69) is 15.0 Å². The molecule has 0 aliphatic heterocycles. The number of aromatic amines is 1. The molecular weight excluding hydrogens is 325 g/mol. The molecule has 5 N–H and O–H groups in total. The average Bonchev–Trinajstić information content (AvgIpc) is 2.76. The molecule has 0 amide bonds. The maximum atomic E-state index is 11.6. The van der Waals surface area contributed by atoms with Crippen molar-refractivity contribution < 1.29 is 19.1 Å². The molecule has 0 bridgehead atoms. The molecule has 0 unspecified atom stereocenters. The Labute approximate surface area is 123 Å². The SMILES string of the molecule is Nc1nc2c(ncn2C[C@@H](CCl)OCP(=O)(O)O)c(=O)[nH]1. The van der Waals surface area contributed by atoms with Crippen molar-refractivity contribution in [2.45, 2.75) is 12.6 Å². The lowest BCUT2D eigenvalue weighted by atomic mass is 10.4. The van der Waals surface area contributed by atoms with Crippen LogP contribution in [-0.2, 0) is 15.8 Å². The Kier molecular flexibility index (Phi) is 4.64. The number of nitrogens with zero attached hydrogens (tertiary/aromatic N) is 3. The number of rotatable bonds is 6. The summed E-state index contributed by atoms with van der Waals surface area (Å²) in [5.74, 6) is -0.0639. The zero-order chi connectivity index (χ0) is 15.6. The summed E-state index contributed by atoms with van der Waals surface area (Å²) in [7, 11) is -4.28. The van der Waals surface area contributed by atoms with Crippen LogP contribution in [0.4, 0.5) is 5.95 Å². The Morgan fingerprint density at radius 2 is 2.29 bits per heavy atom. The maximum Gasteiger partial charge on any atom is 0.350 e. The fourth-order valence-electron chi connectivity index (χ4n) is 1.67. The number of imidazole rings is 1. The van der Waals surface area contributed by atoms with Crippen LogP contribution in [0.5, 0.6) is 0 Å². The number of nitrogen functional groups attached to an aromatic ring is 1. The minimum Gasteiger partial charge on any atom is -0.369 e. The highest BCUT2D eigenvalue weighted by molar-refractivity contribution is 7.51. The molecule has 116 valence electrons. The Morgan fingerprint density at radius 3 is 2.90 bits per heavy atom. The number of alkyl halides is 1. The summed E-state index contributed by atoms with van der Waals surface area (Å²) < 4.78 is 17.3. The smallest absolute Gasteiger partial charge is 0.350 e. The lowest BCUT2D eigenvalue weighted by Crippen LogP contribution is -2.23. The molecule has 0 radical (unpaired) electrons.